The molecule has 2 unspecified atom stereocenters. The normalized spacial score (nSPS) is 13.9. The molecule has 1 rings (SSSR count). The molecule has 19 heavy (non-hydrogen) atoms. The average Bonchev–Trinajstić information content (AvgIpc) is 2.44. The highest BCUT2D eigenvalue weighted by molar-refractivity contribution is 5.31. The van der Waals surface area contributed by atoms with Gasteiger partial charge in [-0.05, 0) is 43.5 Å². The number of ether oxygens (including phenoxy) is 2. The Morgan fingerprint density at radius 1 is 1.00 bits per heavy atom. The van der Waals surface area contributed by atoms with Crippen molar-refractivity contribution in [3.05, 3.63) is 24.3 Å². The van der Waals surface area contributed by atoms with Crippen molar-refractivity contribution in [3.8, 4) is 11.5 Å². The molecule has 3 heteroatoms. The molecule has 1 aromatic rings. The predicted molar refractivity (Wildman–Crippen MR) is 79.8 cm³/mol. The predicted octanol–water partition coefficient (Wildman–Crippen LogP) is 3.76. The van der Waals surface area contributed by atoms with Gasteiger partial charge in [0, 0.05) is 6.04 Å². The van der Waals surface area contributed by atoms with E-state index in [0.717, 1.165) is 43.8 Å². The van der Waals surface area contributed by atoms with E-state index in [2.05, 4.69) is 20.8 Å². The van der Waals surface area contributed by atoms with Crippen LogP contribution in [0.3, 0.4) is 0 Å². The molecule has 0 saturated heterocycles. The van der Waals surface area contributed by atoms with Crippen LogP contribution < -0.4 is 15.2 Å². The summed E-state index contributed by atoms with van der Waals surface area (Å²) >= 11 is 0. The van der Waals surface area contributed by atoms with Crippen LogP contribution in [0.5, 0.6) is 11.5 Å². The van der Waals surface area contributed by atoms with Crippen molar-refractivity contribution < 1.29 is 9.47 Å². The fourth-order valence-corrected chi connectivity index (χ4v) is 2.00. The molecule has 0 aliphatic rings. The Labute approximate surface area is 117 Å². The summed E-state index contributed by atoms with van der Waals surface area (Å²) in [5.74, 6) is 1.75. The summed E-state index contributed by atoms with van der Waals surface area (Å²) in [5, 5.41) is 0. The molecule has 0 aliphatic heterocycles. The minimum atomic E-state index is 0.0855. The van der Waals surface area contributed by atoms with E-state index in [4.69, 9.17) is 15.2 Å². The first-order valence-electron chi connectivity index (χ1n) is 7.36. The van der Waals surface area contributed by atoms with Crippen LogP contribution in [0.1, 0.15) is 46.5 Å². The van der Waals surface area contributed by atoms with Crippen molar-refractivity contribution in [1.82, 2.24) is 0 Å². The van der Waals surface area contributed by atoms with Crippen molar-refractivity contribution >= 4 is 0 Å². The highest BCUT2D eigenvalue weighted by atomic mass is 16.5. The van der Waals surface area contributed by atoms with Gasteiger partial charge >= 0.3 is 0 Å². The standard InChI is InChI=1S/C16H27NO2/c1-4-7-15(17)16(6-3)19-14-10-8-13(9-11-14)18-12-5-2/h8-11,15-16H,4-7,12,17H2,1-3H3. The molecule has 0 aliphatic carbocycles. The second kappa shape index (κ2) is 8.81. The van der Waals surface area contributed by atoms with E-state index in [0.29, 0.717) is 0 Å². The van der Waals surface area contributed by atoms with E-state index in [-0.39, 0.29) is 12.1 Å². The van der Waals surface area contributed by atoms with Crippen molar-refractivity contribution in [2.75, 3.05) is 6.61 Å². The lowest BCUT2D eigenvalue weighted by atomic mass is 10.0. The van der Waals surface area contributed by atoms with Gasteiger partial charge in [-0.15, -0.1) is 0 Å². The zero-order chi connectivity index (χ0) is 14.1. The number of hydrogen-bond donors (Lipinski definition) is 1. The van der Waals surface area contributed by atoms with Crippen LogP contribution >= 0.6 is 0 Å². The van der Waals surface area contributed by atoms with Gasteiger partial charge in [-0.3, -0.25) is 0 Å². The van der Waals surface area contributed by atoms with Crippen LogP contribution in [0.2, 0.25) is 0 Å². The first-order chi connectivity index (χ1) is 9.21. The molecule has 0 bridgehead atoms. The zero-order valence-electron chi connectivity index (χ0n) is 12.4. The summed E-state index contributed by atoms with van der Waals surface area (Å²) in [7, 11) is 0. The minimum absolute atomic E-state index is 0.0855. The maximum absolute atomic E-state index is 6.13. The quantitative estimate of drug-likeness (QED) is 0.739. The van der Waals surface area contributed by atoms with Gasteiger partial charge < -0.3 is 15.2 Å². The largest absolute Gasteiger partial charge is 0.494 e. The van der Waals surface area contributed by atoms with Crippen molar-refractivity contribution in [3.63, 3.8) is 0 Å². The molecule has 2 N–H and O–H groups in total. The van der Waals surface area contributed by atoms with Crippen LogP contribution in [0.15, 0.2) is 24.3 Å². The summed E-state index contributed by atoms with van der Waals surface area (Å²) < 4.78 is 11.5. The Hall–Kier alpha value is -1.22. The average molecular weight is 265 g/mol. The lowest BCUT2D eigenvalue weighted by Crippen LogP contribution is -2.38. The molecule has 0 spiro atoms. The fourth-order valence-electron chi connectivity index (χ4n) is 2.00. The summed E-state index contributed by atoms with van der Waals surface area (Å²) in [6.45, 7) is 7.10. The molecule has 1 aromatic carbocycles. The molecule has 0 radical (unpaired) electrons. The molecule has 108 valence electrons. The third-order valence-corrected chi connectivity index (χ3v) is 3.09. The summed E-state index contributed by atoms with van der Waals surface area (Å²) in [6.07, 6.45) is 4.11. The van der Waals surface area contributed by atoms with Gasteiger partial charge in [0.05, 0.1) is 6.61 Å². The Bertz CT molecular complexity index is 337. The number of rotatable bonds is 9. The van der Waals surface area contributed by atoms with Crippen LogP contribution in [0.25, 0.3) is 0 Å². The Kier molecular flexibility index (Phi) is 7.34. The van der Waals surface area contributed by atoms with Crippen molar-refractivity contribution in [2.45, 2.75) is 58.6 Å². The van der Waals surface area contributed by atoms with E-state index in [9.17, 15) is 0 Å². The molecular formula is C16H27NO2. The van der Waals surface area contributed by atoms with Gasteiger partial charge in [-0.1, -0.05) is 27.2 Å². The van der Waals surface area contributed by atoms with Crippen molar-refractivity contribution in [1.29, 1.82) is 0 Å². The maximum atomic E-state index is 6.13. The fraction of sp³-hybridized carbons (Fsp3) is 0.625. The maximum Gasteiger partial charge on any atom is 0.120 e. The lowest BCUT2D eigenvalue weighted by molar-refractivity contribution is 0.161. The summed E-state index contributed by atoms with van der Waals surface area (Å²) in [4.78, 5) is 0. The van der Waals surface area contributed by atoms with E-state index in [1.54, 1.807) is 0 Å². The van der Waals surface area contributed by atoms with Gasteiger partial charge in [0.25, 0.3) is 0 Å². The molecule has 0 heterocycles. The summed E-state index contributed by atoms with van der Waals surface area (Å²) in [5.41, 5.74) is 6.13. The molecule has 2 atom stereocenters. The minimum Gasteiger partial charge on any atom is -0.494 e. The molecule has 0 amide bonds. The van der Waals surface area contributed by atoms with E-state index < -0.39 is 0 Å². The highest BCUT2D eigenvalue weighted by Crippen LogP contribution is 2.20. The second-order valence-corrected chi connectivity index (χ2v) is 4.84. The Balaban J connectivity index is 2.55. The smallest absolute Gasteiger partial charge is 0.120 e. The SMILES string of the molecule is CCCOc1ccc(OC(CC)C(N)CCC)cc1. The van der Waals surface area contributed by atoms with Crippen LogP contribution in [-0.4, -0.2) is 18.8 Å². The van der Waals surface area contributed by atoms with E-state index in [1.807, 2.05) is 24.3 Å². The summed E-state index contributed by atoms with van der Waals surface area (Å²) in [6, 6.07) is 7.90. The van der Waals surface area contributed by atoms with Crippen LogP contribution in [0, 0.1) is 0 Å². The molecule has 0 aromatic heterocycles. The van der Waals surface area contributed by atoms with Crippen LogP contribution in [-0.2, 0) is 0 Å². The zero-order valence-corrected chi connectivity index (χ0v) is 12.4. The number of hydrogen-bond acceptors (Lipinski definition) is 3. The molecular weight excluding hydrogens is 238 g/mol. The van der Waals surface area contributed by atoms with E-state index >= 15 is 0 Å². The Morgan fingerprint density at radius 3 is 2.16 bits per heavy atom. The van der Waals surface area contributed by atoms with E-state index in [1.165, 1.54) is 0 Å². The molecule has 3 nitrogen and oxygen atoms in total. The van der Waals surface area contributed by atoms with Gasteiger partial charge in [-0.25, -0.2) is 0 Å². The van der Waals surface area contributed by atoms with Gasteiger partial charge in [-0.2, -0.15) is 0 Å². The Morgan fingerprint density at radius 2 is 1.63 bits per heavy atom. The topological polar surface area (TPSA) is 44.5 Å². The first kappa shape index (κ1) is 15.8. The third kappa shape index (κ3) is 5.52. The third-order valence-electron chi connectivity index (χ3n) is 3.09. The monoisotopic (exact) mass is 265 g/mol. The first-order valence-corrected chi connectivity index (χ1v) is 7.36. The van der Waals surface area contributed by atoms with Gasteiger partial charge in [0.15, 0.2) is 0 Å². The van der Waals surface area contributed by atoms with Gasteiger partial charge in [0.1, 0.15) is 17.6 Å². The number of nitrogens with two attached hydrogens (primary N) is 1. The lowest BCUT2D eigenvalue weighted by Gasteiger charge is -2.23. The highest BCUT2D eigenvalue weighted by Gasteiger charge is 2.16. The van der Waals surface area contributed by atoms with Crippen LogP contribution in [0.4, 0.5) is 0 Å². The molecule has 0 saturated carbocycles. The van der Waals surface area contributed by atoms with Gasteiger partial charge in [0.2, 0.25) is 0 Å². The molecule has 0 fully saturated rings. The number of benzene rings is 1. The second-order valence-electron chi connectivity index (χ2n) is 4.84. The van der Waals surface area contributed by atoms with Crippen molar-refractivity contribution in [2.24, 2.45) is 5.73 Å².